The summed E-state index contributed by atoms with van der Waals surface area (Å²) in [5, 5.41) is 2.90. The van der Waals surface area contributed by atoms with Gasteiger partial charge in [0.2, 0.25) is 0 Å². The first-order valence-corrected chi connectivity index (χ1v) is 12.4. The van der Waals surface area contributed by atoms with Crippen molar-refractivity contribution in [3.63, 3.8) is 0 Å². The minimum absolute atomic E-state index is 0.321. The van der Waals surface area contributed by atoms with E-state index >= 15 is 0 Å². The van der Waals surface area contributed by atoms with Crippen LogP contribution in [0.15, 0.2) is 60.8 Å². The number of amides is 2. The van der Waals surface area contributed by atoms with Crippen LogP contribution in [0.2, 0.25) is 0 Å². The maximum atomic E-state index is 13.3. The molecule has 0 saturated carbocycles. The fourth-order valence-corrected chi connectivity index (χ4v) is 4.78. The maximum Gasteiger partial charge on any atom is 0.339 e. The first-order valence-electron chi connectivity index (χ1n) is 12.4. The van der Waals surface area contributed by atoms with Crippen LogP contribution in [0.3, 0.4) is 0 Å². The van der Waals surface area contributed by atoms with E-state index in [1.165, 1.54) is 0 Å². The number of esters is 1. The van der Waals surface area contributed by atoms with Gasteiger partial charge in [0.15, 0.2) is 18.1 Å². The SMILES string of the molecule is COc1ccc(/C=C2\CCc3c2nc2ccccc2c3C(=O)OCC(=O)NC(=O)c2cccn2C)cc1OC. The van der Waals surface area contributed by atoms with Crippen molar-refractivity contribution in [3.05, 3.63) is 88.9 Å². The number of nitrogens with zero attached hydrogens (tertiary/aromatic N) is 2. The zero-order valence-corrected chi connectivity index (χ0v) is 21.8. The minimum atomic E-state index is -0.710. The lowest BCUT2D eigenvalue weighted by atomic mass is 10.0. The zero-order valence-electron chi connectivity index (χ0n) is 21.8. The van der Waals surface area contributed by atoms with E-state index in [1.54, 1.807) is 44.2 Å². The number of nitrogens with one attached hydrogen (secondary N) is 1. The van der Waals surface area contributed by atoms with Gasteiger partial charge in [0.25, 0.3) is 11.8 Å². The highest BCUT2D eigenvalue weighted by molar-refractivity contribution is 6.08. The number of carbonyl (C=O) groups excluding carboxylic acids is 3. The highest BCUT2D eigenvalue weighted by Gasteiger charge is 2.28. The quantitative estimate of drug-likeness (QED) is 0.361. The molecular weight excluding hydrogens is 498 g/mol. The van der Waals surface area contributed by atoms with E-state index < -0.39 is 24.4 Å². The molecule has 2 aromatic heterocycles. The predicted octanol–water partition coefficient (Wildman–Crippen LogP) is 4.19. The van der Waals surface area contributed by atoms with Crippen LogP contribution < -0.4 is 14.8 Å². The van der Waals surface area contributed by atoms with E-state index in [9.17, 15) is 14.4 Å². The van der Waals surface area contributed by atoms with Gasteiger partial charge in [-0.2, -0.15) is 0 Å². The Hall–Kier alpha value is -4.92. The average Bonchev–Trinajstić information content (AvgIpc) is 3.56. The van der Waals surface area contributed by atoms with E-state index in [0.29, 0.717) is 46.5 Å². The third-order valence-electron chi connectivity index (χ3n) is 6.66. The fraction of sp³-hybridized carbons (Fsp3) is 0.200. The summed E-state index contributed by atoms with van der Waals surface area (Å²) in [6.45, 7) is -0.589. The molecule has 0 fully saturated rings. The number of hydrogen-bond donors (Lipinski definition) is 1. The van der Waals surface area contributed by atoms with Crippen LogP contribution in [0, 0.1) is 0 Å². The second-order valence-corrected chi connectivity index (χ2v) is 9.07. The standard InChI is InChI=1S/C30H27N3O6/c1-33-14-6-9-23(33)29(35)32-26(34)17-39-30(36)27-20-7-4-5-8-22(20)31-28-19(11-12-21(27)28)15-18-10-13-24(37-2)25(16-18)38-3/h4-10,13-16H,11-12,17H2,1-3H3,(H,32,34,35)/b19-15+. The molecule has 0 radical (unpaired) electrons. The van der Waals surface area contributed by atoms with E-state index in [2.05, 4.69) is 5.32 Å². The summed E-state index contributed by atoms with van der Waals surface area (Å²) in [6, 6.07) is 16.3. The Kier molecular flexibility index (Phi) is 7.14. The van der Waals surface area contributed by atoms with Crippen molar-refractivity contribution < 1.29 is 28.6 Å². The number of methoxy groups -OCH3 is 2. The lowest BCUT2D eigenvalue weighted by molar-refractivity contribution is -0.123. The topological polar surface area (TPSA) is 109 Å². The van der Waals surface area contributed by atoms with E-state index in [0.717, 1.165) is 22.4 Å². The molecule has 9 nitrogen and oxygen atoms in total. The van der Waals surface area contributed by atoms with Crippen LogP contribution >= 0.6 is 0 Å². The van der Waals surface area contributed by atoms with Crippen molar-refractivity contribution in [2.75, 3.05) is 20.8 Å². The number of hydrogen-bond acceptors (Lipinski definition) is 7. The van der Waals surface area contributed by atoms with Gasteiger partial charge in [-0.1, -0.05) is 24.3 Å². The lowest BCUT2D eigenvalue weighted by Gasteiger charge is -2.12. The van der Waals surface area contributed by atoms with Gasteiger partial charge >= 0.3 is 5.97 Å². The molecule has 2 aromatic carbocycles. The highest BCUT2D eigenvalue weighted by Crippen LogP contribution is 2.38. The van der Waals surface area contributed by atoms with Crippen molar-refractivity contribution in [1.29, 1.82) is 0 Å². The number of carbonyl (C=O) groups is 3. The first kappa shape index (κ1) is 25.7. The van der Waals surface area contributed by atoms with E-state index in [1.807, 2.05) is 48.5 Å². The van der Waals surface area contributed by atoms with Gasteiger partial charge in [-0.3, -0.25) is 14.9 Å². The molecule has 0 unspecified atom stereocenters. The summed E-state index contributed by atoms with van der Waals surface area (Å²) >= 11 is 0. The van der Waals surface area contributed by atoms with Gasteiger partial charge in [0, 0.05) is 18.6 Å². The Labute approximate surface area is 225 Å². The number of fused-ring (bicyclic) bond motifs is 2. The average molecular weight is 526 g/mol. The first-order chi connectivity index (χ1) is 18.9. The zero-order chi connectivity index (χ0) is 27.5. The third kappa shape index (κ3) is 5.11. The number of rotatable bonds is 7. The molecule has 0 saturated heterocycles. The number of pyridine rings is 1. The highest BCUT2D eigenvalue weighted by atomic mass is 16.5. The molecule has 39 heavy (non-hydrogen) atoms. The van der Waals surface area contributed by atoms with Crippen LogP contribution in [-0.2, 0) is 23.0 Å². The molecule has 198 valence electrons. The van der Waals surface area contributed by atoms with Gasteiger partial charge in [-0.25, -0.2) is 9.78 Å². The van der Waals surface area contributed by atoms with Gasteiger partial charge in [0.1, 0.15) is 5.69 Å². The third-order valence-corrected chi connectivity index (χ3v) is 6.66. The summed E-state index contributed by atoms with van der Waals surface area (Å²) in [7, 11) is 4.87. The lowest BCUT2D eigenvalue weighted by Crippen LogP contribution is -2.35. The fourth-order valence-electron chi connectivity index (χ4n) is 4.78. The molecule has 1 N–H and O–H groups in total. The monoisotopic (exact) mass is 525 g/mol. The number of benzene rings is 2. The number of imide groups is 1. The summed E-state index contributed by atoms with van der Waals surface area (Å²) < 4.78 is 17.7. The molecule has 1 aliphatic rings. The predicted molar refractivity (Wildman–Crippen MR) is 146 cm³/mol. The number of aryl methyl sites for hydroxylation is 1. The van der Waals surface area contributed by atoms with Gasteiger partial charge < -0.3 is 18.8 Å². The van der Waals surface area contributed by atoms with Crippen molar-refractivity contribution in [2.45, 2.75) is 12.8 Å². The smallest absolute Gasteiger partial charge is 0.339 e. The summed E-state index contributed by atoms with van der Waals surface area (Å²) in [4.78, 5) is 42.9. The van der Waals surface area contributed by atoms with E-state index in [4.69, 9.17) is 19.2 Å². The largest absolute Gasteiger partial charge is 0.493 e. The van der Waals surface area contributed by atoms with Crippen LogP contribution in [-0.4, -0.2) is 48.2 Å². The van der Waals surface area contributed by atoms with Crippen LogP contribution in [0.4, 0.5) is 0 Å². The summed E-state index contributed by atoms with van der Waals surface area (Å²) in [5.74, 6) is -0.666. The summed E-state index contributed by atoms with van der Waals surface area (Å²) in [5.41, 5.74) is 4.72. The Bertz CT molecular complexity index is 1640. The van der Waals surface area contributed by atoms with Gasteiger partial charge in [-0.15, -0.1) is 0 Å². The van der Waals surface area contributed by atoms with Crippen LogP contribution in [0.5, 0.6) is 11.5 Å². The van der Waals surface area contributed by atoms with Crippen LogP contribution in [0.1, 0.15) is 44.1 Å². The summed E-state index contributed by atoms with van der Waals surface area (Å²) in [6.07, 6.45) is 4.99. The molecule has 1 aliphatic carbocycles. The second-order valence-electron chi connectivity index (χ2n) is 9.07. The molecular formula is C30H27N3O6. The molecule has 4 aromatic rings. The number of ether oxygens (including phenoxy) is 3. The number of allylic oxidation sites excluding steroid dienone is 1. The van der Waals surface area contributed by atoms with Crippen molar-refractivity contribution in [3.8, 4) is 11.5 Å². The van der Waals surface area contributed by atoms with Crippen molar-refractivity contribution in [2.24, 2.45) is 7.05 Å². The van der Waals surface area contributed by atoms with Gasteiger partial charge in [0.05, 0.1) is 31.0 Å². The Balaban J connectivity index is 1.42. The number of aromatic nitrogens is 2. The Morgan fingerprint density at radius 2 is 1.79 bits per heavy atom. The van der Waals surface area contributed by atoms with Crippen molar-refractivity contribution >= 4 is 40.3 Å². The maximum absolute atomic E-state index is 13.3. The number of para-hydroxylation sites is 1. The van der Waals surface area contributed by atoms with Crippen molar-refractivity contribution in [1.82, 2.24) is 14.9 Å². The molecule has 2 heterocycles. The van der Waals surface area contributed by atoms with Crippen LogP contribution in [0.25, 0.3) is 22.6 Å². The molecule has 9 heteroatoms. The van der Waals surface area contributed by atoms with Gasteiger partial charge in [-0.05, 0) is 65.9 Å². The molecule has 0 spiro atoms. The second kappa shape index (κ2) is 10.8. The van der Waals surface area contributed by atoms with E-state index in [-0.39, 0.29) is 0 Å². The Morgan fingerprint density at radius 1 is 1.00 bits per heavy atom. The Morgan fingerprint density at radius 3 is 2.54 bits per heavy atom. The molecule has 0 bridgehead atoms. The normalized spacial score (nSPS) is 13.3. The molecule has 2 amide bonds. The molecule has 0 aliphatic heterocycles. The molecule has 5 rings (SSSR count). The minimum Gasteiger partial charge on any atom is -0.493 e. The molecule has 0 atom stereocenters.